The molecule has 1 fully saturated rings. The second kappa shape index (κ2) is 10.2. The zero-order valence-electron chi connectivity index (χ0n) is 20.5. The molecule has 36 heavy (non-hydrogen) atoms. The summed E-state index contributed by atoms with van der Waals surface area (Å²) < 4.78 is 5.96. The largest absolute Gasteiger partial charge is 0.493 e. The van der Waals surface area contributed by atoms with Crippen LogP contribution in [0.5, 0.6) is 5.75 Å². The van der Waals surface area contributed by atoms with Gasteiger partial charge in [-0.2, -0.15) is 10.4 Å². The first-order valence-corrected chi connectivity index (χ1v) is 12.3. The number of nitrogens with one attached hydrogen (secondary N) is 2. The van der Waals surface area contributed by atoms with Crippen LogP contribution in [-0.2, 0) is 6.54 Å². The SMILES string of the molecule is CCOc1cc(C(=O)N(Cc2cccc3cn[nH]c23)C2CC(NC)C2)ccc1-c1cccc(C#N)c1. The van der Waals surface area contributed by atoms with Gasteiger partial charge in [-0.3, -0.25) is 9.89 Å². The van der Waals surface area contributed by atoms with Crippen molar-refractivity contribution < 1.29 is 9.53 Å². The Labute approximate surface area is 210 Å². The maximum absolute atomic E-state index is 13.9. The number of carbonyl (C=O) groups excluding carboxylic acids is 1. The Morgan fingerprint density at radius 1 is 1.19 bits per heavy atom. The lowest BCUT2D eigenvalue weighted by molar-refractivity contribution is 0.0498. The number of aromatic nitrogens is 2. The molecule has 1 heterocycles. The number of ether oxygens (including phenoxy) is 1. The lowest BCUT2D eigenvalue weighted by atomic mass is 9.85. The standard InChI is InChI=1S/C29H29N5O2/c1-3-36-27-13-21(10-11-26(27)20-7-4-6-19(12-20)16-30)29(35)34(25-14-24(15-25)31-2)18-23-9-5-8-22-17-32-33-28(22)23/h4-13,17,24-25,31H,3,14-15,18H2,1-2H3,(H,32,33). The van der Waals surface area contributed by atoms with E-state index in [1.165, 1.54) is 0 Å². The van der Waals surface area contributed by atoms with E-state index in [1.54, 1.807) is 12.3 Å². The number of amides is 1. The fraction of sp³-hybridized carbons (Fsp3) is 0.276. The van der Waals surface area contributed by atoms with Crippen molar-refractivity contribution in [3.8, 4) is 22.9 Å². The number of hydrogen-bond donors (Lipinski definition) is 2. The molecule has 1 aromatic heterocycles. The van der Waals surface area contributed by atoms with Gasteiger partial charge in [-0.05, 0) is 68.3 Å². The number of aromatic amines is 1. The van der Waals surface area contributed by atoms with Crippen LogP contribution in [0.3, 0.4) is 0 Å². The molecule has 5 rings (SSSR count). The van der Waals surface area contributed by atoms with Crippen molar-refractivity contribution >= 4 is 16.8 Å². The number of fused-ring (bicyclic) bond motifs is 1. The van der Waals surface area contributed by atoms with Crippen LogP contribution < -0.4 is 10.1 Å². The lowest BCUT2D eigenvalue weighted by Gasteiger charge is -2.43. The average molecular weight is 480 g/mol. The highest BCUT2D eigenvalue weighted by Crippen LogP contribution is 2.34. The third kappa shape index (κ3) is 4.56. The Morgan fingerprint density at radius 2 is 2.03 bits per heavy atom. The highest BCUT2D eigenvalue weighted by atomic mass is 16.5. The average Bonchev–Trinajstić information content (AvgIpc) is 3.37. The van der Waals surface area contributed by atoms with Crippen LogP contribution in [0.2, 0.25) is 0 Å². The Bertz CT molecular complexity index is 1430. The number of nitriles is 1. The maximum atomic E-state index is 13.9. The lowest BCUT2D eigenvalue weighted by Crippen LogP contribution is -2.53. The molecule has 182 valence electrons. The minimum absolute atomic E-state index is 0.0237. The fourth-order valence-corrected chi connectivity index (χ4v) is 4.88. The van der Waals surface area contributed by atoms with Gasteiger partial charge in [-0.15, -0.1) is 0 Å². The van der Waals surface area contributed by atoms with E-state index in [-0.39, 0.29) is 11.9 Å². The van der Waals surface area contributed by atoms with Gasteiger partial charge in [0.05, 0.1) is 30.0 Å². The number of carbonyl (C=O) groups is 1. The molecule has 0 spiro atoms. The Morgan fingerprint density at radius 3 is 2.81 bits per heavy atom. The van der Waals surface area contributed by atoms with Crippen LogP contribution in [-0.4, -0.2) is 46.7 Å². The summed E-state index contributed by atoms with van der Waals surface area (Å²) in [6.07, 6.45) is 3.64. The van der Waals surface area contributed by atoms with Crippen molar-refractivity contribution in [2.75, 3.05) is 13.7 Å². The van der Waals surface area contributed by atoms with Crippen LogP contribution >= 0.6 is 0 Å². The van der Waals surface area contributed by atoms with E-state index in [0.717, 1.165) is 40.4 Å². The minimum Gasteiger partial charge on any atom is -0.493 e. The van der Waals surface area contributed by atoms with Crippen molar-refractivity contribution in [2.24, 2.45) is 0 Å². The normalized spacial score (nSPS) is 16.8. The second-order valence-electron chi connectivity index (χ2n) is 9.13. The molecule has 7 nitrogen and oxygen atoms in total. The van der Waals surface area contributed by atoms with Crippen molar-refractivity contribution in [3.63, 3.8) is 0 Å². The summed E-state index contributed by atoms with van der Waals surface area (Å²) in [7, 11) is 1.97. The number of rotatable bonds is 8. The van der Waals surface area contributed by atoms with Crippen molar-refractivity contribution in [1.82, 2.24) is 20.4 Å². The topological polar surface area (TPSA) is 94.0 Å². The van der Waals surface area contributed by atoms with E-state index in [1.807, 2.05) is 73.5 Å². The van der Waals surface area contributed by atoms with Crippen LogP contribution in [0.25, 0.3) is 22.0 Å². The number of benzene rings is 3. The molecular formula is C29H29N5O2. The predicted octanol–water partition coefficient (Wildman–Crippen LogP) is 4.89. The van der Waals surface area contributed by atoms with Gasteiger partial charge in [-0.1, -0.05) is 30.3 Å². The highest BCUT2D eigenvalue weighted by molar-refractivity contribution is 5.96. The molecule has 1 aliphatic carbocycles. The van der Waals surface area contributed by atoms with E-state index in [2.05, 4.69) is 21.6 Å². The molecule has 0 aliphatic heterocycles. The van der Waals surface area contributed by atoms with Gasteiger partial charge in [-0.25, -0.2) is 0 Å². The van der Waals surface area contributed by atoms with Gasteiger partial charge >= 0.3 is 0 Å². The van der Waals surface area contributed by atoms with E-state index < -0.39 is 0 Å². The Kier molecular flexibility index (Phi) is 6.70. The van der Waals surface area contributed by atoms with Gasteiger partial charge in [0.25, 0.3) is 5.91 Å². The van der Waals surface area contributed by atoms with Gasteiger partial charge in [0.1, 0.15) is 5.75 Å². The summed E-state index contributed by atoms with van der Waals surface area (Å²) in [6, 6.07) is 21.8. The fourth-order valence-electron chi connectivity index (χ4n) is 4.88. The molecule has 4 aromatic rings. The van der Waals surface area contributed by atoms with Gasteiger partial charge in [0, 0.05) is 35.1 Å². The molecule has 0 radical (unpaired) electrons. The van der Waals surface area contributed by atoms with E-state index in [0.29, 0.717) is 36.1 Å². The van der Waals surface area contributed by atoms with Crippen molar-refractivity contribution in [3.05, 3.63) is 83.6 Å². The third-order valence-electron chi connectivity index (χ3n) is 6.96. The van der Waals surface area contributed by atoms with Gasteiger partial charge < -0.3 is 15.0 Å². The van der Waals surface area contributed by atoms with Crippen molar-refractivity contribution in [2.45, 2.75) is 38.4 Å². The summed E-state index contributed by atoms with van der Waals surface area (Å²) in [5.41, 5.74) is 4.92. The number of hydrogen-bond acceptors (Lipinski definition) is 5. The molecule has 0 atom stereocenters. The monoisotopic (exact) mass is 479 g/mol. The second-order valence-corrected chi connectivity index (χ2v) is 9.13. The van der Waals surface area contributed by atoms with E-state index >= 15 is 0 Å². The molecule has 0 bridgehead atoms. The first-order valence-electron chi connectivity index (χ1n) is 12.3. The Balaban J connectivity index is 1.49. The highest BCUT2D eigenvalue weighted by Gasteiger charge is 2.36. The summed E-state index contributed by atoms with van der Waals surface area (Å²) in [6.45, 7) is 2.89. The molecule has 2 N–H and O–H groups in total. The van der Waals surface area contributed by atoms with Crippen molar-refractivity contribution in [1.29, 1.82) is 5.26 Å². The van der Waals surface area contributed by atoms with Gasteiger partial charge in [0.15, 0.2) is 0 Å². The van der Waals surface area contributed by atoms with Gasteiger partial charge in [0.2, 0.25) is 0 Å². The zero-order chi connectivity index (χ0) is 25.1. The molecule has 3 aromatic carbocycles. The first kappa shape index (κ1) is 23.6. The molecule has 1 saturated carbocycles. The van der Waals surface area contributed by atoms with Crippen LogP contribution in [0.4, 0.5) is 0 Å². The Hall–Kier alpha value is -4.15. The van der Waals surface area contributed by atoms with E-state index in [4.69, 9.17) is 4.74 Å². The predicted molar refractivity (Wildman–Crippen MR) is 140 cm³/mol. The molecule has 0 saturated heterocycles. The molecular weight excluding hydrogens is 450 g/mol. The smallest absolute Gasteiger partial charge is 0.254 e. The summed E-state index contributed by atoms with van der Waals surface area (Å²) in [5, 5.41) is 20.9. The first-order chi connectivity index (χ1) is 17.6. The zero-order valence-corrected chi connectivity index (χ0v) is 20.5. The number of nitrogens with zero attached hydrogens (tertiary/aromatic N) is 3. The molecule has 1 aliphatic rings. The number of H-pyrrole nitrogens is 1. The molecule has 0 unspecified atom stereocenters. The van der Waals surface area contributed by atoms with Crippen LogP contribution in [0.15, 0.2) is 66.9 Å². The molecule has 1 amide bonds. The summed E-state index contributed by atoms with van der Waals surface area (Å²) in [5.74, 6) is 0.611. The number of para-hydroxylation sites is 1. The maximum Gasteiger partial charge on any atom is 0.254 e. The molecule has 7 heteroatoms. The van der Waals surface area contributed by atoms with Crippen LogP contribution in [0, 0.1) is 11.3 Å². The summed E-state index contributed by atoms with van der Waals surface area (Å²) >= 11 is 0. The summed E-state index contributed by atoms with van der Waals surface area (Å²) in [4.78, 5) is 15.9. The minimum atomic E-state index is -0.0237. The van der Waals surface area contributed by atoms with E-state index in [9.17, 15) is 10.1 Å². The van der Waals surface area contributed by atoms with Crippen LogP contribution in [0.1, 0.15) is 41.3 Å². The quantitative estimate of drug-likeness (QED) is 0.375. The third-order valence-corrected chi connectivity index (χ3v) is 6.96.